The molecule has 0 aliphatic carbocycles. The Kier molecular flexibility index (Phi) is 5.05. The van der Waals surface area contributed by atoms with Crippen molar-refractivity contribution >= 4 is 28.6 Å². The molecule has 0 radical (unpaired) electrons. The summed E-state index contributed by atoms with van der Waals surface area (Å²) in [5, 5.41) is 8.44. The molecule has 1 aromatic heterocycles. The van der Waals surface area contributed by atoms with Crippen LogP contribution in [0.5, 0.6) is 0 Å². The molecule has 0 atom stereocenters. The number of nitrogens with zero attached hydrogens (tertiary/aromatic N) is 1. The van der Waals surface area contributed by atoms with Gasteiger partial charge < -0.3 is 10.2 Å². The lowest BCUT2D eigenvalue weighted by atomic mass is 10.3. The molecule has 0 aliphatic heterocycles. The van der Waals surface area contributed by atoms with Crippen LogP contribution >= 0.6 is 22.9 Å². The second-order valence-corrected chi connectivity index (χ2v) is 5.46. The minimum atomic E-state index is 0.776. The third kappa shape index (κ3) is 4.02. The first-order valence-electron chi connectivity index (χ1n) is 5.94. The smallest absolute Gasteiger partial charge is 0.0637 e. The second kappa shape index (κ2) is 6.78. The monoisotopic (exact) mass is 280 g/mol. The zero-order valence-corrected chi connectivity index (χ0v) is 12.0. The van der Waals surface area contributed by atoms with E-state index in [0.717, 1.165) is 30.3 Å². The number of likely N-dealkylation sites (N-methyl/N-ethyl adjacent to an activating group) is 1. The highest BCUT2D eigenvalue weighted by Crippen LogP contribution is 2.19. The summed E-state index contributed by atoms with van der Waals surface area (Å²) in [7, 11) is 2.13. The Morgan fingerprint density at radius 3 is 2.83 bits per heavy atom. The lowest BCUT2D eigenvalue weighted by molar-refractivity contribution is 0.340. The van der Waals surface area contributed by atoms with Crippen LogP contribution in [0.2, 0.25) is 5.02 Å². The van der Waals surface area contributed by atoms with Crippen molar-refractivity contribution in [3.05, 3.63) is 51.7 Å². The fourth-order valence-electron chi connectivity index (χ4n) is 1.76. The van der Waals surface area contributed by atoms with Crippen LogP contribution in [-0.2, 0) is 6.54 Å². The van der Waals surface area contributed by atoms with Gasteiger partial charge in [0.05, 0.1) is 10.7 Å². The van der Waals surface area contributed by atoms with Crippen LogP contribution < -0.4 is 5.32 Å². The first-order valence-corrected chi connectivity index (χ1v) is 7.26. The van der Waals surface area contributed by atoms with Crippen molar-refractivity contribution in [2.45, 2.75) is 6.54 Å². The summed E-state index contributed by atoms with van der Waals surface area (Å²) in [4.78, 5) is 2.30. The van der Waals surface area contributed by atoms with Crippen molar-refractivity contribution in [2.24, 2.45) is 0 Å². The first kappa shape index (κ1) is 13.4. The molecule has 1 heterocycles. The van der Waals surface area contributed by atoms with E-state index in [0.29, 0.717) is 0 Å². The third-order valence-electron chi connectivity index (χ3n) is 2.72. The number of rotatable bonds is 6. The van der Waals surface area contributed by atoms with Crippen LogP contribution in [0.3, 0.4) is 0 Å². The van der Waals surface area contributed by atoms with Gasteiger partial charge in [0, 0.05) is 19.6 Å². The van der Waals surface area contributed by atoms with Gasteiger partial charge in [0.25, 0.3) is 0 Å². The summed E-state index contributed by atoms with van der Waals surface area (Å²) in [6, 6.07) is 10.0. The maximum atomic E-state index is 6.08. The van der Waals surface area contributed by atoms with Crippen molar-refractivity contribution in [2.75, 3.05) is 25.5 Å². The zero-order valence-electron chi connectivity index (χ0n) is 10.4. The van der Waals surface area contributed by atoms with Crippen LogP contribution in [0.1, 0.15) is 5.56 Å². The quantitative estimate of drug-likeness (QED) is 0.862. The topological polar surface area (TPSA) is 15.3 Å². The first-order chi connectivity index (χ1) is 8.75. The van der Waals surface area contributed by atoms with E-state index in [-0.39, 0.29) is 0 Å². The minimum Gasteiger partial charge on any atom is -0.383 e. The van der Waals surface area contributed by atoms with Gasteiger partial charge in [-0.2, -0.15) is 11.3 Å². The largest absolute Gasteiger partial charge is 0.383 e. The molecule has 96 valence electrons. The van der Waals surface area contributed by atoms with E-state index >= 15 is 0 Å². The van der Waals surface area contributed by atoms with Crippen LogP contribution in [0.15, 0.2) is 41.1 Å². The summed E-state index contributed by atoms with van der Waals surface area (Å²) in [6.45, 7) is 2.87. The number of thiophene rings is 1. The van der Waals surface area contributed by atoms with Crippen molar-refractivity contribution in [3.63, 3.8) is 0 Å². The van der Waals surface area contributed by atoms with Gasteiger partial charge in [-0.25, -0.2) is 0 Å². The molecular formula is C14H17ClN2S. The lowest BCUT2D eigenvalue weighted by Crippen LogP contribution is -2.24. The lowest BCUT2D eigenvalue weighted by Gasteiger charge is -2.17. The van der Waals surface area contributed by atoms with Crippen molar-refractivity contribution in [3.8, 4) is 0 Å². The second-order valence-electron chi connectivity index (χ2n) is 4.28. The van der Waals surface area contributed by atoms with Crippen molar-refractivity contribution in [1.82, 2.24) is 4.90 Å². The highest BCUT2D eigenvalue weighted by Gasteiger charge is 2.01. The molecule has 0 amide bonds. The SMILES string of the molecule is CN(CCNc1ccccc1Cl)Cc1ccsc1. The van der Waals surface area contributed by atoms with E-state index in [2.05, 4.69) is 34.1 Å². The van der Waals surface area contributed by atoms with Gasteiger partial charge in [-0.3, -0.25) is 0 Å². The molecule has 4 heteroatoms. The molecule has 0 fully saturated rings. The zero-order chi connectivity index (χ0) is 12.8. The van der Waals surface area contributed by atoms with Gasteiger partial charge in [0.2, 0.25) is 0 Å². The minimum absolute atomic E-state index is 0.776. The van der Waals surface area contributed by atoms with Gasteiger partial charge in [-0.05, 0) is 41.6 Å². The van der Waals surface area contributed by atoms with E-state index in [1.165, 1.54) is 5.56 Å². The van der Waals surface area contributed by atoms with Gasteiger partial charge in [0.1, 0.15) is 0 Å². The van der Waals surface area contributed by atoms with Gasteiger partial charge in [0.15, 0.2) is 0 Å². The Balaban J connectivity index is 1.74. The number of anilines is 1. The van der Waals surface area contributed by atoms with Crippen LogP contribution in [-0.4, -0.2) is 25.0 Å². The van der Waals surface area contributed by atoms with E-state index in [4.69, 9.17) is 11.6 Å². The summed E-state index contributed by atoms with van der Waals surface area (Å²) in [5.74, 6) is 0. The summed E-state index contributed by atoms with van der Waals surface area (Å²) in [5.41, 5.74) is 2.38. The number of halogens is 1. The van der Waals surface area contributed by atoms with E-state index in [1.54, 1.807) is 11.3 Å². The molecule has 18 heavy (non-hydrogen) atoms. The average molecular weight is 281 g/mol. The van der Waals surface area contributed by atoms with E-state index < -0.39 is 0 Å². The normalized spacial score (nSPS) is 10.8. The molecule has 2 aromatic rings. The van der Waals surface area contributed by atoms with Gasteiger partial charge >= 0.3 is 0 Å². The van der Waals surface area contributed by atoms with E-state index in [9.17, 15) is 0 Å². The molecule has 1 N–H and O–H groups in total. The third-order valence-corrected chi connectivity index (χ3v) is 3.78. The Morgan fingerprint density at radius 1 is 1.28 bits per heavy atom. The van der Waals surface area contributed by atoms with Crippen LogP contribution in [0.4, 0.5) is 5.69 Å². The molecule has 0 aliphatic rings. The van der Waals surface area contributed by atoms with Gasteiger partial charge in [-0.15, -0.1) is 0 Å². The number of nitrogens with one attached hydrogen (secondary N) is 1. The molecule has 1 aromatic carbocycles. The molecule has 0 saturated heterocycles. The Morgan fingerprint density at radius 2 is 2.11 bits per heavy atom. The van der Waals surface area contributed by atoms with E-state index in [1.807, 2.05) is 24.3 Å². The molecule has 0 unspecified atom stereocenters. The molecule has 2 rings (SSSR count). The molecule has 0 spiro atoms. The number of hydrogen-bond donors (Lipinski definition) is 1. The standard InChI is InChI=1S/C14H17ClN2S/c1-17(10-12-6-9-18-11-12)8-7-16-14-5-3-2-4-13(14)15/h2-6,9,11,16H,7-8,10H2,1H3. The number of para-hydroxylation sites is 1. The molecule has 0 bridgehead atoms. The summed E-state index contributed by atoms with van der Waals surface area (Å²) < 4.78 is 0. The fourth-order valence-corrected chi connectivity index (χ4v) is 2.62. The average Bonchev–Trinajstić information content (AvgIpc) is 2.84. The molecule has 0 saturated carbocycles. The number of benzene rings is 1. The van der Waals surface area contributed by atoms with Gasteiger partial charge in [-0.1, -0.05) is 23.7 Å². The highest BCUT2D eigenvalue weighted by atomic mass is 35.5. The predicted molar refractivity (Wildman–Crippen MR) is 80.6 cm³/mol. The van der Waals surface area contributed by atoms with Crippen LogP contribution in [0.25, 0.3) is 0 Å². The fraction of sp³-hybridized carbons (Fsp3) is 0.286. The Hall–Kier alpha value is -1.03. The summed E-state index contributed by atoms with van der Waals surface area (Å²) >= 11 is 7.82. The number of hydrogen-bond acceptors (Lipinski definition) is 3. The Bertz CT molecular complexity index is 470. The van der Waals surface area contributed by atoms with Crippen molar-refractivity contribution in [1.29, 1.82) is 0 Å². The molecule has 2 nitrogen and oxygen atoms in total. The van der Waals surface area contributed by atoms with Crippen LogP contribution in [0, 0.1) is 0 Å². The highest BCUT2D eigenvalue weighted by molar-refractivity contribution is 7.07. The van der Waals surface area contributed by atoms with Crippen molar-refractivity contribution < 1.29 is 0 Å². The Labute approximate surface area is 117 Å². The maximum absolute atomic E-state index is 6.08. The maximum Gasteiger partial charge on any atom is 0.0637 e. The predicted octanol–water partition coefficient (Wildman–Crippen LogP) is 3.95. The molecular weight excluding hydrogens is 264 g/mol. The summed E-state index contributed by atoms with van der Waals surface area (Å²) in [6.07, 6.45) is 0.